The molecule has 0 aliphatic carbocycles. The first-order valence-electron chi connectivity index (χ1n) is 4.05. The fraction of sp³-hybridized carbons (Fsp3) is 0.333. The zero-order valence-electron chi connectivity index (χ0n) is 7.57. The number of hydrogen-bond acceptors (Lipinski definition) is 0. The van der Waals surface area contributed by atoms with Gasteiger partial charge in [0.1, 0.15) is 0 Å². The Morgan fingerprint density at radius 2 is 1.77 bits per heavy atom. The second kappa shape index (κ2) is 4.69. The molecule has 0 amide bonds. The molecule has 0 fully saturated rings. The van der Waals surface area contributed by atoms with E-state index in [0.717, 1.165) is 16.6 Å². The first kappa shape index (κ1) is 11.4. The number of halogens is 3. The van der Waals surface area contributed by atoms with Gasteiger partial charge in [-0.05, 0) is 42.6 Å². The van der Waals surface area contributed by atoms with Crippen molar-refractivity contribution in [3.8, 4) is 0 Å². The lowest BCUT2D eigenvalue weighted by Gasteiger charge is -2.09. The summed E-state index contributed by atoms with van der Waals surface area (Å²) < 4.78 is 0. The van der Waals surface area contributed by atoms with Crippen molar-refractivity contribution in [1.29, 1.82) is 0 Å². The minimum atomic E-state index is -1.56. The van der Waals surface area contributed by atoms with Crippen LogP contribution < -0.4 is 0 Å². The Bertz CT molecular complexity index is 310. The molecule has 72 valence electrons. The summed E-state index contributed by atoms with van der Waals surface area (Å²) in [7, 11) is -1.56. The van der Waals surface area contributed by atoms with E-state index in [4.69, 9.17) is 33.8 Å². The van der Waals surface area contributed by atoms with Crippen molar-refractivity contribution in [3.05, 3.63) is 33.8 Å². The van der Waals surface area contributed by atoms with Gasteiger partial charge in [-0.15, -0.1) is 22.2 Å². The molecule has 0 nitrogen and oxygen atoms in total. The topological polar surface area (TPSA) is 0 Å². The molecule has 1 rings (SSSR count). The fourth-order valence-electron chi connectivity index (χ4n) is 1.23. The van der Waals surface area contributed by atoms with Crippen LogP contribution in [-0.2, 0) is 6.04 Å². The van der Waals surface area contributed by atoms with Gasteiger partial charge in [-0.2, -0.15) is 0 Å². The number of benzene rings is 1. The maximum Gasteiger partial charge on any atom is 0.241 e. The van der Waals surface area contributed by atoms with Crippen LogP contribution in [0, 0.1) is 13.8 Å². The normalized spacial score (nSPS) is 10.9. The van der Waals surface area contributed by atoms with Gasteiger partial charge in [-0.1, -0.05) is 17.7 Å². The molecule has 0 aliphatic heterocycles. The molecular weight excluding hydrogens is 243 g/mol. The molecule has 0 aliphatic rings. The predicted octanol–water partition coefficient (Wildman–Crippen LogP) is 3.74. The third-order valence-electron chi connectivity index (χ3n) is 2.21. The summed E-state index contributed by atoms with van der Waals surface area (Å²) in [4.78, 5) is 0. The van der Waals surface area contributed by atoms with Crippen LogP contribution in [0.5, 0.6) is 0 Å². The summed E-state index contributed by atoms with van der Waals surface area (Å²) in [5, 5.41) is 0.809. The van der Waals surface area contributed by atoms with Gasteiger partial charge in [0.2, 0.25) is 7.42 Å². The highest BCUT2D eigenvalue weighted by Gasteiger charge is 2.09. The molecule has 0 radical (unpaired) electrons. The van der Waals surface area contributed by atoms with Crippen LogP contribution in [0.2, 0.25) is 5.02 Å². The van der Waals surface area contributed by atoms with Crippen molar-refractivity contribution in [2.45, 2.75) is 19.9 Å². The lowest BCUT2D eigenvalue weighted by molar-refractivity contribution is 1.24. The van der Waals surface area contributed by atoms with E-state index in [0.29, 0.717) is 0 Å². The molecule has 13 heavy (non-hydrogen) atoms. The van der Waals surface area contributed by atoms with E-state index in [9.17, 15) is 0 Å². The molecule has 1 aromatic rings. The molecule has 1 aromatic carbocycles. The largest absolute Gasteiger partial charge is 0.241 e. The first-order valence-corrected chi connectivity index (χ1v) is 8.73. The van der Waals surface area contributed by atoms with E-state index >= 15 is 0 Å². The van der Waals surface area contributed by atoms with Crippen LogP contribution in [0.4, 0.5) is 0 Å². The molecule has 0 heterocycles. The number of hydrogen-bond donors (Lipinski definition) is 0. The van der Waals surface area contributed by atoms with Gasteiger partial charge >= 0.3 is 0 Å². The average molecular weight is 254 g/mol. The Morgan fingerprint density at radius 3 is 2.31 bits per heavy atom. The highest BCUT2D eigenvalue weighted by Crippen LogP contribution is 2.23. The summed E-state index contributed by atoms with van der Waals surface area (Å²) in [6, 6.07) is 4.73. The quantitative estimate of drug-likeness (QED) is 0.556. The molecule has 0 atom stereocenters. The van der Waals surface area contributed by atoms with Gasteiger partial charge in [-0.3, -0.25) is 0 Å². The molecule has 0 unspecified atom stereocenters. The summed E-state index contributed by atoms with van der Waals surface area (Å²) in [5.74, 6) is 0. The second-order valence-electron chi connectivity index (χ2n) is 3.05. The number of rotatable bonds is 2. The predicted molar refractivity (Wildman–Crippen MR) is 63.5 cm³/mol. The molecular formula is C9H11Cl3Si. The molecule has 0 spiro atoms. The summed E-state index contributed by atoms with van der Waals surface area (Å²) in [5.41, 5.74) is 3.57. The fourth-order valence-corrected chi connectivity index (χ4v) is 3.21. The van der Waals surface area contributed by atoms with Crippen molar-refractivity contribution in [2.75, 3.05) is 0 Å². The monoisotopic (exact) mass is 252 g/mol. The Hall–Kier alpha value is 0.307. The third-order valence-corrected chi connectivity index (χ3v) is 4.29. The molecule has 0 aromatic heterocycles. The maximum absolute atomic E-state index is 5.97. The van der Waals surface area contributed by atoms with Crippen LogP contribution in [-0.4, -0.2) is 7.42 Å². The lowest BCUT2D eigenvalue weighted by Crippen LogP contribution is -2.02. The summed E-state index contributed by atoms with van der Waals surface area (Å²) in [6.07, 6.45) is 0. The minimum absolute atomic E-state index is 0.809. The zero-order valence-corrected chi connectivity index (χ0v) is 11.0. The van der Waals surface area contributed by atoms with Crippen molar-refractivity contribution in [3.63, 3.8) is 0 Å². The van der Waals surface area contributed by atoms with E-state index in [1.807, 2.05) is 19.1 Å². The summed E-state index contributed by atoms with van der Waals surface area (Å²) >= 11 is 17.7. The van der Waals surface area contributed by atoms with E-state index in [1.165, 1.54) is 11.1 Å². The van der Waals surface area contributed by atoms with Gasteiger partial charge in [0.25, 0.3) is 0 Å². The van der Waals surface area contributed by atoms with Gasteiger partial charge in [0, 0.05) is 5.02 Å². The zero-order chi connectivity index (χ0) is 10.0. The van der Waals surface area contributed by atoms with Gasteiger partial charge in [0.15, 0.2) is 0 Å². The standard InChI is InChI=1S/C9H11Cl3Si/c1-6-7(2)9(10)4-3-8(6)5-13(11)12/h3-4,13H,5H2,1-2H3. The highest BCUT2D eigenvalue weighted by atomic mass is 35.7. The van der Waals surface area contributed by atoms with E-state index in [1.54, 1.807) is 0 Å². The van der Waals surface area contributed by atoms with Crippen molar-refractivity contribution in [2.24, 2.45) is 0 Å². The van der Waals surface area contributed by atoms with Gasteiger partial charge < -0.3 is 0 Å². The van der Waals surface area contributed by atoms with Crippen molar-refractivity contribution < 1.29 is 0 Å². The first-order chi connectivity index (χ1) is 6.02. The van der Waals surface area contributed by atoms with Crippen LogP contribution in [0.25, 0.3) is 0 Å². The SMILES string of the molecule is Cc1c(Cl)ccc(C[SiH](Cl)Cl)c1C. The van der Waals surface area contributed by atoms with Crippen molar-refractivity contribution >= 4 is 41.2 Å². The molecule has 0 saturated carbocycles. The smallest absolute Gasteiger partial charge is 0.150 e. The molecule has 0 bridgehead atoms. The van der Waals surface area contributed by atoms with E-state index in [-0.39, 0.29) is 0 Å². The molecule has 4 heteroatoms. The van der Waals surface area contributed by atoms with Gasteiger partial charge in [0.05, 0.1) is 0 Å². The molecule has 0 N–H and O–H groups in total. The Balaban J connectivity index is 3.04. The Labute approximate surface area is 94.8 Å². The molecule has 0 saturated heterocycles. The summed E-state index contributed by atoms with van der Waals surface area (Å²) in [6.45, 7) is 4.07. The third kappa shape index (κ3) is 2.88. The Kier molecular flexibility index (Phi) is 4.11. The lowest BCUT2D eigenvalue weighted by atomic mass is 10.0. The van der Waals surface area contributed by atoms with Crippen LogP contribution >= 0.6 is 33.8 Å². The van der Waals surface area contributed by atoms with Crippen molar-refractivity contribution in [1.82, 2.24) is 0 Å². The average Bonchev–Trinajstić information content (AvgIpc) is 2.06. The van der Waals surface area contributed by atoms with E-state index < -0.39 is 7.42 Å². The maximum atomic E-state index is 5.97. The van der Waals surface area contributed by atoms with Crippen LogP contribution in [0.3, 0.4) is 0 Å². The van der Waals surface area contributed by atoms with Crippen LogP contribution in [0.15, 0.2) is 12.1 Å². The minimum Gasteiger partial charge on any atom is -0.150 e. The second-order valence-corrected chi connectivity index (χ2v) is 8.48. The van der Waals surface area contributed by atoms with Crippen LogP contribution in [0.1, 0.15) is 16.7 Å². The highest BCUT2D eigenvalue weighted by molar-refractivity contribution is 7.33. The van der Waals surface area contributed by atoms with E-state index in [2.05, 4.69) is 6.92 Å². The Morgan fingerprint density at radius 1 is 1.15 bits per heavy atom. The van der Waals surface area contributed by atoms with Gasteiger partial charge in [-0.25, -0.2) is 0 Å².